The highest BCUT2D eigenvalue weighted by Gasteiger charge is 2.21. The fourth-order valence-electron chi connectivity index (χ4n) is 2.67. The van der Waals surface area contributed by atoms with Gasteiger partial charge >= 0.3 is 0 Å². The zero-order valence-electron chi connectivity index (χ0n) is 15.4. The maximum absolute atomic E-state index is 12.8. The van der Waals surface area contributed by atoms with Gasteiger partial charge in [0.2, 0.25) is 5.91 Å². The molecule has 1 heterocycles. The van der Waals surface area contributed by atoms with E-state index in [0.29, 0.717) is 33.0 Å². The van der Waals surface area contributed by atoms with E-state index in [1.807, 2.05) is 12.1 Å². The van der Waals surface area contributed by atoms with Crippen LogP contribution in [0.2, 0.25) is 15.1 Å². The van der Waals surface area contributed by atoms with Gasteiger partial charge in [-0.3, -0.25) is 14.7 Å². The fourth-order valence-corrected chi connectivity index (χ4v) is 3.28. The summed E-state index contributed by atoms with van der Waals surface area (Å²) in [7, 11) is 0. The zero-order chi connectivity index (χ0) is 21.0. The number of likely N-dealkylation sites (N-methyl/N-ethyl adjacent to an activating group) is 1. The highest BCUT2D eigenvalue weighted by Crippen LogP contribution is 2.29. The van der Waals surface area contributed by atoms with Crippen LogP contribution in [0, 0.1) is 0 Å². The average Bonchev–Trinajstić information content (AvgIpc) is 3.19. The maximum Gasteiger partial charge on any atom is 0.272 e. The van der Waals surface area contributed by atoms with Crippen LogP contribution in [0.25, 0.3) is 11.3 Å². The van der Waals surface area contributed by atoms with Gasteiger partial charge in [-0.25, -0.2) is 0 Å². The number of carbonyl (C=O) groups is 2. The summed E-state index contributed by atoms with van der Waals surface area (Å²) >= 11 is 18.0. The van der Waals surface area contributed by atoms with Gasteiger partial charge in [0.15, 0.2) is 0 Å². The standard InChI is InChI=1S/C20H17Cl3N4O2/c1-2-27(11-18(28)24-19-14(22)4-3-5-15(19)23)20(29)17-10-16(25-26-17)12-6-8-13(21)9-7-12/h3-10H,2,11H2,1H3,(H,24,28)(H,25,26). The lowest BCUT2D eigenvalue weighted by atomic mass is 10.1. The van der Waals surface area contributed by atoms with Crippen LogP contribution < -0.4 is 5.32 Å². The molecule has 6 nitrogen and oxygen atoms in total. The maximum atomic E-state index is 12.8. The van der Waals surface area contributed by atoms with Crippen LogP contribution in [-0.2, 0) is 4.79 Å². The molecule has 2 amide bonds. The summed E-state index contributed by atoms with van der Waals surface area (Å²) in [6.45, 7) is 1.95. The number of anilines is 1. The van der Waals surface area contributed by atoms with Gasteiger partial charge < -0.3 is 10.2 Å². The molecule has 0 bridgehead atoms. The van der Waals surface area contributed by atoms with Crippen LogP contribution in [0.3, 0.4) is 0 Å². The number of nitrogens with zero attached hydrogens (tertiary/aromatic N) is 2. The third kappa shape index (κ3) is 5.09. The van der Waals surface area contributed by atoms with Gasteiger partial charge in [0.05, 0.1) is 21.4 Å². The van der Waals surface area contributed by atoms with Crippen molar-refractivity contribution in [1.29, 1.82) is 0 Å². The molecule has 0 aliphatic rings. The summed E-state index contributed by atoms with van der Waals surface area (Å²) in [4.78, 5) is 26.6. The summed E-state index contributed by atoms with van der Waals surface area (Å²) in [5.41, 5.74) is 2.02. The molecule has 9 heteroatoms. The summed E-state index contributed by atoms with van der Waals surface area (Å²) < 4.78 is 0. The zero-order valence-corrected chi connectivity index (χ0v) is 17.6. The van der Waals surface area contributed by atoms with Crippen LogP contribution in [-0.4, -0.2) is 40.0 Å². The Bertz CT molecular complexity index is 1010. The first-order valence-corrected chi connectivity index (χ1v) is 9.87. The molecule has 3 aromatic rings. The molecule has 0 spiro atoms. The molecule has 0 atom stereocenters. The van der Waals surface area contributed by atoms with Crippen LogP contribution in [0.4, 0.5) is 5.69 Å². The lowest BCUT2D eigenvalue weighted by molar-refractivity contribution is -0.116. The Morgan fingerprint density at radius 2 is 1.72 bits per heavy atom. The number of carbonyl (C=O) groups excluding carboxylic acids is 2. The fraction of sp³-hybridized carbons (Fsp3) is 0.150. The number of benzene rings is 2. The number of aromatic amines is 1. The monoisotopic (exact) mass is 450 g/mol. The van der Waals surface area contributed by atoms with Crippen LogP contribution in [0.1, 0.15) is 17.4 Å². The SMILES string of the molecule is CCN(CC(=O)Nc1c(Cl)cccc1Cl)C(=O)c1cc(-c2ccc(Cl)cc2)n[nH]1. The van der Waals surface area contributed by atoms with Gasteiger partial charge in [0, 0.05) is 17.1 Å². The van der Waals surface area contributed by atoms with E-state index in [2.05, 4.69) is 15.5 Å². The van der Waals surface area contributed by atoms with E-state index < -0.39 is 5.91 Å². The van der Waals surface area contributed by atoms with Crippen molar-refractivity contribution in [2.75, 3.05) is 18.4 Å². The number of hydrogen-bond donors (Lipinski definition) is 2. The van der Waals surface area contributed by atoms with E-state index >= 15 is 0 Å². The number of amides is 2. The number of nitrogens with one attached hydrogen (secondary N) is 2. The molecule has 1 aromatic heterocycles. The van der Waals surface area contributed by atoms with E-state index in [-0.39, 0.29) is 18.1 Å². The smallest absolute Gasteiger partial charge is 0.272 e. The Labute approximate surface area is 182 Å². The largest absolute Gasteiger partial charge is 0.328 e. The van der Waals surface area contributed by atoms with Gasteiger partial charge in [0.25, 0.3) is 5.91 Å². The Hall–Kier alpha value is -2.54. The van der Waals surface area contributed by atoms with Gasteiger partial charge in [-0.1, -0.05) is 53.0 Å². The van der Waals surface area contributed by atoms with E-state index in [1.54, 1.807) is 43.3 Å². The van der Waals surface area contributed by atoms with Crippen LogP contribution >= 0.6 is 34.8 Å². The van der Waals surface area contributed by atoms with Gasteiger partial charge in [-0.15, -0.1) is 0 Å². The molecule has 29 heavy (non-hydrogen) atoms. The van der Waals surface area contributed by atoms with Gasteiger partial charge in [-0.2, -0.15) is 5.10 Å². The Morgan fingerprint density at radius 3 is 2.34 bits per heavy atom. The summed E-state index contributed by atoms with van der Waals surface area (Å²) in [6.07, 6.45) is 0. The second-order valence-corrected chi connectivity index (χ2v) is 7.39. The molecule has 0 saturated heterocycles. The minimum Gasteiger partial charge on any atom is -0.328 e. The quantitative estimate of drug-likeness (QED) is 0.545. The van der Waals surface area contributed by atoms with Gasteiger partial charge in [0.1, 0.15) is 12.2 Å². The van der Waals surface area contributed by atoms with E-state index in [9.17, 15) is 9.59 Å². The summed E-state index contributed by atoms with van der Waals surface area (Å²) in [6, 6.07) is 13.7. The molecule has 150 valence electrons. The van der Waals surface area contributed by atoms with Crippen molar-refractivity contribution in [2.45, 2.75) is 6.92 Å². The number of H-pyrrole nitrogens is 1. The van der Waals surface area contributed by atoms with Crippen molar-refractivity contribution < 1.29 is 9.59 Å². The topological polar surface area (TPSA) is 78.1 Å². The highest BCUT2D eigenvalue weighted by molar-refractivity contribution is 6.39. The Morgan fingerprint density at radius 1 is 1.07 bits per heavy atom. The first kappa shape index (κ1) is 21.2. The summed E-state index contributed by atoms with van der Waals surface area (Å²) in [5, 5.41) is 10.8. The molecule has 2 N–H and O–H groups in total. The van der Waals surface area contributed by atoms with Crippen molar-refractivity contribution in [3.8, 4) is 11.3 Å². The van der Waals surface area contributed by atoms with Crippen molar-refractivity contribution >= 4 is 52.3 Å². The average molecular weight is 452 g/mol. The number of halogens is 3. The predicted molar refractivity (Wildman–Crippen MR) is 116 cm³/mol. The molecule has 0 aliphatic carbocycles. The first-order valence-electron chi connectivity index (χ1n) is 8.73. The third-order valence-corrected chi connectivity index (χ3v) is 5.06. The van der Waals surface area contributed by atoms with Crippen molar-refractivity contribution in [1.82, 2.24) is 15.1 Å². The number of aromatic nitrogens is 2. The molecule has 0 unspecified atom stereocenters. The molecule has 0 radical (unpaired) electrons. The van der Waals surface area contributed by atoms with Crippen LogP contribution in [0.5, 0.6) is 0 Å². The second kappa shape index (κ2) is 9.31. The lowest BCUT2D eigenvalue weighted by Crippen LogP contribution is -2.38. The van der Waals surface area contributed by atoms with Crippen molar-refractivity contribution in [3.05, 3.63) is 69.3 Å². The normalized spacial score (nSPS) is 10.6. The third-order valence-electron chi connectivity index (χ3n) is 4.18. The minimum atomic E-state index is -0.410. The first-order chi connectivity index (χ1) is 13.9. The molecule has 0 aliphatic heterocycles. The van der Waals surface area contributed by atoms with Crippen molar-refractivity contribution in [2.24, 2.45) is 0 Å². The van der Waals surface area contributed by atoms with E-state index in [4.69, 9.17) is 34.8 Å². The van der Waals surface area contributed by atoms with Crippen molar-refractivity contribution in [3.63, 3.8) is 0 Å². The molecular weight excluding hydrogens is 435 g/mol. The number of hydrogen-bond acceptors (Lipinski definition) is 3. The minimum absolute atomic E-state index is 0.161. The molecule has 3 rings (SSSR count). The van der Waals surface area contributed by atoms with E-state index in [1.165, 1.54) is 4.90 Å². The molecular formula is C20H17Cl3N4O2. The van der Waals surface area contributed by atoms with Gasteiger partial charge in [-0.05, 0) is 37.3 Å². The number of rotatable bonds is 6. The number of para-hydroxylation sites is 1. The Balaban J connectivity index is 1.70. The summed E-state index contributed by atoms with van der Waals surface area (Å²) in [5.74, 6) is -0.756. The predicted octanol–water partition coefficient (Wildman–Crippen LogP) is 5.14. The Kier molecular flexibility index (Phi) is 6.79. The molecule has 0 fully saturated rings. The van der Waals surface area contributed by atoms with E-state index in [0.717, 1.165) is 5.56 Å². The lowest BCUT2D eigenvalue weighted by Gasteiger charge is -2.20. The van der Waals surface area contributed by atoms with Crippen LogP contribution in [0.15, 0.2) is 48.5 Å². The molecule has 2 aromatic carbocycles. The molecule has 0 saturated carbocycles. The highest BCUT2D eigenvalue weighted by atomic mass is 35.5. The second-order valence-electron chi connectivity index (χ2n) is 6.14.